The molecular weight excluding hydrogens is 454 g/mol. The van der Waals surface area contributed by atoms with Gasteiger partial charge in [0.25, 0.3) is 5.56 Å². The molecule has 0 saturated carbocycles. The van der Waals surface area contributed by atoms with Crippen LogP contribution in [-0.2, 0) is 38.1 Å². The van der Waals surface area contributed by atoms with E-state index in [0.29, 0.717) is 0 Å². The van der Waals surface area contributed by atoms with Crippen molar-refractivity contribution in [3.63, 3.8) is 0 Å². The van der Waals surface area contributed by atoms with Gasteiger partial charge in [0.1, 0.15) is 19.0 Å². The van der Waals surface area contributed by atoms with E-state index >= 15 is 0 Å². The number of hydrogen-bond acceptors (Lipinski definition) is 11. The number of esters is 3. The number of aromatic nitrogens is 4. The predicted molar refractivity (Wildman–Crippen MR) is 113 cm³/mol. The van der Waals surface area contributed by atoms with Crippen molar-refractivity contribution in [3.05, 3.63) is 16.7 Å². The predicted octanol–water partition coefficient (Wildman–Crippen LogP) is 0.0380. The summed E-state index contributed by atoms with van der Waals surface area (Å²) in [7, 11) is 0. The lowest BCUT2D eigenvalue weighted by atomic mass is 10.1. The van der Waals surface area contributed by atoms with E-state index in [4.69, 9.17) is 18.9 Å². The second-order valence-electron chi connectivity index (χ2n) is 7.90. The van der Waals surface area contributed by atoms with Gasteiger partial charge < -0.3 is 18.9 Å². The molecule has 14 heteroatoms. The van der Waals surface area contributed by atoms with Crippen molar-refractivity contribution in [2.45, 2.75) is 59.2 Å². The van der Waals surface area contributed by atoms with E-state index in [1.165, 1.54) is 17.8 Å². The van der Waals surface area contributed by atoms with Gasteiger partial charge in [-0.05, 0) is 0 Å². The number of amides is 1. The Morgan fingerprint density at radius 1 is 1.12 bits per heavy atom. The zero-order chi connectivity index (χ0) is 25.2. The number of nitrogens with zero attached hydrogens (tertiary/aromatic N) is 3. The van der Waals surface area contributed by atoms with E-state index in [-0.39, 0.29) is 35.5 Å². The van der Waals surface area contributed by atoms with Crippen molar-refractivity contribution in [2.75, 3.05) is 11.9 Å². The SMILES string of the molecule is CC(=O)OC[C@H]1O[C@@H](n2cnc3nc(NC(=O)C(C)C)[nH]c(=O)c32)[C@H](OC(C)=O)[C@@H]1OC(C)=O. The lowest BCUT2D eigenvalue weighted by Crippen LogP contribution is -2.40. The van der Waals surface area contributed by atoms with Crippen molar-refractivity contribution < 1.29 is 38.1 Å². The lowest BCUT2D eigenvalue weighted by molar-refractivity contribution is -0.166. The molecule has 1 aliphatic heterocycles. The molecule has 184 valence electrons. The van der Waals surface area contributed by atoms with E-state index in [0.717, 1.165) is 13.8 Å². The zero-order valence-corrected chi connectivity index (χ0v) is 19.2. The number of aromatic amines is 1. The van der Waals surface area contributed by atoms with Crippen LogP contribution in [0.15, 0.2) is 11.1 Å². The Bertz CT molecular complexity index is 1170. The Hall–Kier alpha value is -3.81. The summed E-state index contributed by atoms with van der Waals surface area (Å²) in [5.41, 5.74) is -0.709. The molecule has 1 aliphatic rings. The molecule has 2 aromatic heterocycles. The summed E-state index contributed by atoms with van der Waals surface area (Å²) in [6.07, 6.45) is -3.27. The molecule has 3 rings (SSSR count). The molecule has 4 atom stereocenters. The molecule has 0 unspecified atom stereocenters. The lowest BCUT2D eigenvalue weighted by Gasteiger charge is -2.23. The van der Waals surface area contributed by atoms with Crippen LogP contribution in [0, 0.1) is 5.92 Å². The number of ether oxygens (including phenoxy) is 4. The van der Waals surface area contributed by atoms with E-state index in [2.05, 4.69) is 20.3 Å². The maximum atomic E-state index is 12.8. The van der Waals surface area contributed by atoms with Gasteiger partial charge in [-0.3, -0.25) is 38.8 Å². The molecule has 14 nitrogen and oxygen atoms in total. The Labute approximate surface area is 192 Å². The van der Waals surface area contributed by atoms with Crippen LogP contribution in [0.25, 0.3) is 11.2 Å². The third-order valence-electron chi connectivity index (χ3n) is 4.82. The molecule has 0 radical (unpaired) electrons. The molecule has 1 saturated heterocycles. The highest BCUT2D eigenvalue weighted by Crippen LogP contribution is 2.35. The monoisotopic (exact) mass is 479 g/mol. The quantitative estimate of drug-likeness (QED) is 0.404. The Morgan fingerprint density at radius 3 is 2.35 bits per heavy atom. The van der Waals surface area contributed by atoms with Crippen LogP contribution in [0.4, 0.5) is 5.95 Å². The number of carbonyl (C=O) groups excluding carboxylic acids is 4. The fourth-order valence-electron chi connectivity index (χ4n) is 3.38. The molecule has 0 bridgehead atoms. The van der Waals surface area contributed by atoms with Crippen LogP contribution in [0.2, 0.25) is 0 Å². The summed E-state index contributed by atoms with van der Waals surface area (Å²) in [5.74, 6) is -2.76. The number of hydrogen-bond donors (Lipinski definition) is 2. The third kappa shape index (κ3) is 5.39. The summed E-state index contributed by atoms with van der Waals surface area (Å²) in [4.78, 5) is 70.3. The highest BCUT2D eigenvalue weighted by molar-refractivity contribution is 5.91. The fourth-order valence-corrected chi connectivity index (χ4v) is 3.38. The average molecular weight is 479 g/mol. The number of nitrogens with one attached hydrogen (secondary N) is 2. The molecule has 0 aliphatic carbocycles. The molecule has 34 heavy (non-hydrogen) atoms. The molecule has 1 amide bonds. The summed E-state index contributed by atoms with van der Waals surface area (Å²) in [6.45, 7) is 6.58. The van der Waals surface area contributed by atoms with Crippen molar-refractivity contribution in [1.82, 2.24) is 19.5 Å². The number of imidazole rings is 1. The Kier molecular flexibility index (Phi) is 7.29. The third-order valence-corrected chi connectivity index (χ3v) is 4.82. The first-order valence-electron chi connectivity index (χ1n) is 10.4. The van der Waals surface area contributed by atoms with Crippen molar-refractivity contribution in [2.24, 2.45) is 5.92 Å². The molecule has 0 aromatic carbocycles. The van der Waals surface area contributed by atoms with Gasteiger partial charge in [0.2, 0.25) is 11.9 Å². The molecule has 2 aromatic rings. The van der Waals surface area contributed by atoms with Crippen LogP contribution in [0.5, 0.6) is 0 Å². The van der Waals surface area contributed by atoms with Crippen LogP contribution >= 0.6 is 0 Å². The Balaban J connectivity index is 2.02. The first-order valence-corrected chi connectivity index (χ1v) is 10.4. The summed E-state index contributed by atoms with van der Waals surface area (Å²) in [5, 5.41) is 2.49. The number of H-pyrrole nitrogens is 1. The van der Waals surface area contributed by atoms with Crippen molar-refractivity contribution >= 4 is 40.9 Å². The second-order valence-corrected chi connectivity index (χ2v) is 7.90. The van der Waals surface area contributed by atoms with Gasteiger partial charge >= 0.3 is 17.9 Å². The minimum absolute atomic E-state index is 0.0135. The van der Waals surface area contributed by atoms with Gasteiger partial charge in [-0.2, -0.15) is 4.98 Å². The summed E-state index contributed by atoms with van der Waals surface area (Å²) < 4.78 is 22.9. The largest absolute Gasteiger partial charge is 0.463 e. The molecular formula is C20H25N5O9. The maximum Gasteiger partial charge on any atom is 0.303 e. The maximum absolute atomic E-state index is 12.8. The van der Waals surface area contributed by atoms with E-state index in [1.54, 1.807) is 13.8 Å². The summed E-state index contributed by atoms with van der Waals surface area (Å²) >= 11 is 0. The normalized spacial score (nSPS) is 21.9. The van der Waals surface area contributed by atoms with Crippen LogP contribution in [0.1, 0.15) is 40.8 Å². The second kappa shape index (κ2) is 9.99. The van der Waals surface area contributed by atoms with Gasteiger partial charge in [-0.15, -0.1) is 0 Å². The van der Waals surface area contributed by atoms with Gasteiger partial charge in [0.05, 0.1) is 0 Å². The highest BCUT2D eigenvalue weighted by Gasteiger charge is 2.51. The first-order chi connectivity index (χ1) is 16.0. The molecule has 2 N–H and O–H groups in total. The highest BCUT2D eigenvalue weighted by atomic mass is 16.7. The molecule has 3 heterocycles. The topological polar surface area (TPSA) is 181 Å². The first kappa shape index (κ1) is 24.8. The van der Waals surface area contributed by atoms with Gasteiger partial charge in [0, 0.05) is 26.7 Å². The number of rotatable bonds is 7. The molecule has 0 spiro atoms. The number of carbonyl (C=O) groups is 4. The van der Waals surface area contributed by atoms with Gasteiger partial charge in [0.15, 0.2) is 29.6 Å². The average Bonchev–Trinajstić information content (AvgIpc) is 3.28. The number of fused-ring (bicyclic) bond motifs is 1. The van der Waals surface area contributed by atoms with Gasteiger partial charge in [-0.25, -0.2) is 4.98 Å². The van der Waals surface area contributed by atoms with Crippen LogP contribution in [0.3, 0.4) is 0 Å². The minimum atomic E-state index is -1.20. The van der Waals surface area contributed by atoms with Crippen molar-refractivity contribution in [3.8, 4) is 0 Å². The van der Waals surface area contributed by atoms with Crippen molar-refractivity contribution in [1.29, 1.82) is 0 Å². The summed E-state index contributed by atoms with van der Waals surface area (Å²) in [6, 6.07) is 0. The van der Waals surface area contributed by atoms with Crippen LogP contribution < -0.4 is 10.9 Å². The zero-order valence-electron chi connectivity index (χ0n) is 19.2. The molecule has 1 fully saturated rings. The van der Waals surface area contributed by atoms with E-state index in [1.807, 2.05) is 0 Å². The standard InChI is InChI=1S/C20H25N5O9/c1-8(2)17(29)23-20-22-16-13(18(30)24-20)25(7-21-16)19-15(33-11(5)28)14(32-10(4)27)12(34-19)6-31-9(3)26/h7-8,12,14-15,19H,6H2,1-5H3,(H2,22,23,24,29,30)/t12-,14-,15-,19-/m1/s1. The van der Waals surface area contributed by atoms with E-state index < -0.39 is 48.0 Å². The smallest absolute Gasteiger partial charge is 0.303 e. The van der Waals surface area contributed by atoms with Crippen LogP contribution in [-0.4, -0.2) is 68.3 Å². The Morgan fingerprint density at radius 2 is 1.76 bits per heavy atom. The minimum Gasteiger partial charge on any atom is -0.463 e. The van der Waals surface area contributed by atoms with E-state index in [9.17, 15) is 24.0 Å². The fraction of sp³-hybridized carbons (Fsp3) is 0.550. The number of anilines is 1. The van der Waals surface area contributed by atoms with Gasteiger partial charge in [-0.1, -0.05) is 13.8 Å².